The second kappa shape index (κ2) is 41.5. The molecule has 32 N–H and O–H groups in total. The van der Waals surface area contributed by atoms with Crippen molar-refractivity contribution in [2.24, 2.45) is 0 Å². The van der Waals surface area contributed by atoms with E-state index in [-0.39, 0.29) is 0 Å². The van der Waals surface area contributed by atoms with Crippen LogP contribution in [0.15, 0.2) is 0 Å². The lowest BCUT2D eigenvalue weighted by molar-refractivity contribution is -0.366. The maximum absolute atomic E-state index is 13.9. The minimum Gasteiger partial charge on any atom is -0.477 e. The van der Waals surface area contributed by atoms with Crippen LogP contribution in [0.5, 0.6) is 0 Å². The van der Waals surface area contributed by atoms with Crippen molar-refractivity contribution >= 4 is 71.3 Å². The first-order valence-corrected chi connectivity index (χ1v) is 36.9. The van der Waals surface area contributed by atoms with Gasteiger partial charge in [-0.15, -0.1) is 0 Å². The Morgan fingerprint density at radius 3 is 0.595 bits per heavy atom. The van der Waals surface area contributed by atoms with Crippen LogP contribution >= 0.6 is 0 Å². The molecule has 36 atom stereocenters. The van der Waals surface area contributed by atoms with E-state index in [4.69, 9.17) is 52.1 Å². The summed E-state index contributed by atoms with van der Waals surface area (Å²) in [5.41, 5.74) is 0. The number of carbonyl (C=O) groups is 12. The number of aliphatic hydroxyl groups is 20. The fraction of sp³-hybridized carbons (Fsp3) is 0.818. The molecule has 6 aliphatic rings. The van der Waals surface area contributed by atoms with Gasteiger partial charge in [-0.05, 0) is 0 Å². The van der Waals surface area contributed by atoms with Crippen LogP contribution in [0.4, 0.5) is 0 Å². The van der Waals surface area contributed by atoms with Gasteiger partial charge in [-0.25, -0.2) is 28.8 Å². The number of aliphatic carboxylic acids is 6. The topological polar surface area (TPSA) is 905 Å². The molecule has 121 heavy (non-hydrogen) atoms. The summed E-state index contributed by atoms with van der Waals surface area (Å²) >= 11 is 0. The Balaban J connectivity index is 1.37. The SMILES string of the molecule is CC(=O)NC1C(O)CC(OC(CO)C(O)C2OC(OC(CO)C(O)C3OC(OC(CO)C(O)C4OC(OC(CO)C(O)C5OC(OC(CO)C(O)C6OC(O)(C(=O)O)CC(O)C6NC(C)=O)(C(=O)O)CC(O)C5NC(C)=O)(C(=O)O)CC(O)C4NC(C)=O)(C(=O)O)CC(O)C3NC(C)=O)(C(=O)O)CC(O)C2NC(C)=O)(C(=O)O)OC1C(O)C(O)CO. The van der Waals surface area contributed by atoms with Crippen molar-refractivity contribution in [2.75, 3.05) is 39.6 Å². The number of carbonyl (C=O) groups excluding carboxylic acids is 6. The monoisotopic (exact) mass is 1760 g/mol. The first kappa shape index (κ1) is 102. The number of rotatable bonds is 40. The van der Waals surface area contributed by atoms with E-state index >= 15 is 0 Å². The molecular formula is C66H104N6O49. The van der Waals surface area contributed by atoms with Crippen LogP contribution < -0.4 is 31.9 Å². The summed E-state index contributed by atoms with van der Waals surface area (Å²) in [7, 11) is 0. The molecule has 6 saturated heterocycles. The number of carboxylic acids is 6. The summed E-state index contributed by atoms with van der Waals surface area (Å²) in [6.45, 7) is -4.91. The summed E-state index contributed by atoms with van der Waals surface area (Å²) in [6.07, 6.45) is -70.7. The molecule has 0 aromatic heterocycles. The Labute approximate surface area is 681 Å². The van der Waals surface area contributed by atoms with E-state index in [0.29, 0.717) is 0 Å². The van der Waals surface area contributed by atoms with Gasteiger partial charge in [0.15, 0.2) is 0 Å². The molecule has 0 aromatic rings. The lowest BCUT2D eigenvalue weighted by Gasteiger charge is -2.51. The van der Waals surface area contributed by atoms with Gasteiger partial charge in [0.25, 0.3) is 34.7 Å². The van der Waals surface area contributed by atoms with Crippen molar-refractivity contribution in [1.82, 2.24) is 31.9 Å². The third-order valence-electron chi connectivity index (χ3n) is 20.7. The third-order valence-corrected chi connectivity index (χ3v) is 20.7. The molecule has 6 fully saturated rings. The van der Waals surface area contributed by atoms with Gasteiger partial charge < -0.3 is 217 Å². The fourth-order valence-electron chi connectivity index (χ4n) is 15.1. The van der Waals surface area contributed by atoms with E-state index in [9.17, 15) is 190 Å². The number of ether oxygens (including phenoxy) is 11. The zero-order valence-corrected chi connectivity index (χ0v) is 64.8. The predicted molar refractivity (Wildman–Crippen MR) is 372 cm³/mol. The Morgan fingerprint density at radius 1 is 0.281 bits per heavy atom. The molecule has 0 aromatic carbocycles. The molecule has 0 saturated carbocycles. The van der Waals surface area contributed by atoms with Crippen LogP contribution in [-0.4, -0.2) is 461 Å². The van der Waals surface area contributed by atoms with Crippen molar-refractivity contribution < 1.29 is 242 Å². The van der Waals surface area contributed by atoms with Gasteiger partial charge in [0, 0.05) is 80.1 Å². The number of nitrogens with one attached hydrogen (secondary N) is 6. The van der Waals surface area contributed by atoms with Gasteiger partial charge >= 0.3 is 35.8 Å². The summed E-state index contributed by atoms with van der Waals surface area (Å²) in [6, 6.07) is -12.5. The van der Waals surface area contributed by atoms with Gasteiger partial charge in [-0.2, -0.15) is 0 Å². The maximum atomic E-state index is 13.9. The molecule has 36 unspecified atom stereocenters. The third kappa shape index (κ3) is 22.7. The summed E-state index contributed by atoms with van der Waals surface area (Å²) in [5, 5.41) is 304. The summed E-state index contributed by atoms with van der Waals surface area (Å²) in [5.74, 6) is -42.3. The highest BCUT2D eigenvalue weighted by Gasteiger charge is 2.67. The highest BCUT2D eigenvalue weighted by atomic mass is 16.8. The number of hydrogen-bond acceptors (Lipinski definition) is 43. The van der Waals surface area contributed by atoms with Gasteiger partial charge in [-0.3, -0.25) is 28.8 Å². The molecular weight excluding hydrogens is 1660 g/mol. The molecule has 0 spiro atoms. The summed E-state index contributed by atoms with van der Waals surface area (Å²) < 4.78 is 62.1. The fourth-order valence-corrected chi connectivity index (χ4v) is 15.1. The van der Waals surface area contributed by atoms with E-state index in [1.54, 1.807) is 0 Å². The van der Waals surface area contributed by atoms with Gasteiger partial charge in [0.05, 0.1) is 113 Å². The predicted octanol–water partition coefficient (Wildman–Crippen LogP) is -18.0. The smallest absolute Gasteiger partial charge is 0.364 e. The molecule has 6 rings (SSSR count). The standard InChI is InChI=1S/C66H104N6O49/c1-19(79)67-37-25(85)7-61(110,55(98)99)116-50(37)44(93)32(14-74)111-63(57(102)103)9-27(87)39(69-21(3)81)52(118-63)46(95)34(16-76)113-65(59(106)107)11-29(89)41(71-23(5)83)54(120-65)48(97)36(18-78)115-66(60(108)109)12-30(90)42(72-24(6)84)53(121-66)47(96)35(17-77)114-64(58(104)105)10-28(88)40(70-22(4)82)51(119-64)45(94)33(15-75)112-62(56(100)101)8-26(86)38(68-20(2)80)49(117-62)43(92)31(91)13-73/h25-54,73-78,85-97,110H,7-18H2,1-6H3,(H,67,79)(H,68,80)(H,69,81)(H,70,82)(H,71,83)(H,72,84)(H,98,99)(H,100,101)(H,102,103)(H,104,105)(H,106,107)(H,108,109). The van der Waals surface area contributed by atoms with Gasteiger partial charge in [-0.1, -0.05) is 0 Å². The zero-order chi connectivity index (χ0) is 91.8. The van der Waals surface area contributed by atoms with Gasteiger partial charge in [0.1, 0.15) is 110 Å². The minimum atomic E-state index is -3.78. The second-order valence-electron chi connectivity index (χ2n) is 29.7. The quantitative estimate of drug-likeness (QED) is 0.0271. The number of amides is 6. The minimum absolute atomic E-state index is 0.754. The highest BCUT2D eigenvalue weighted by Crippen LogP contribution is 2.45. The van der Waals surface area contributed by atoms with Crippen LogP contribution in [-0.2, 0) is 110 Å². The zero-order valence-electron chi connectivity index (χ0n) is 64.8. The van der Waals surface area contributed by atoms with Crippen LogP contribution in [0.1, 0.15) is 80.1 Å². The van der Waals surface area contributed by atoms with E-state index < -0.39 is 367 Å². The molecule has 6 heterocycles. The summed E-state index contributed by atoms with van der Waals surface area (Å²) in [4.78, 5) is 156. The average Bonchev–Trinajstić information content (AvgIpc) is 0.752. The molecule has 6 amide bonds. The maximum Gasteiger partial charge on any atom is 0.364 e. The average molecular weight is 1770 g/mol. The second-order valence-corrected chi connectivity index (χ2v) is 29.7. The molecule has 0 aliphatic carbocycles. The largest absolute Gasteiger partial charge is 0.477 e. The number of hydrogen-bond donors (Lipinski definition) is 32. The Morgan fingerprint density at radius 2 is 0.446 bits per heavy atom. The Hall–Kier alpha value is -7.60. The van der Waals surface area contributed by atoms with E-state index in [0.717, 1.165) is 41.5 Å². The molecule has 0 radical (unpaired) electrons. The van der Waals surface area contributed by atoms with E-state index in [1.807, 2.05) is 0 Å². The van der Waals surface area contributed by atoms with Crippen LogP contribution in [0.25, 0.3) is 0 Å². The van der Waals surface area contributed by atoms with Crippen LogP contribution in [0.2, 0.25) is 0 Å². The Kier molecular flexibility index (Phi) is 35.0. The molecule has 692 valence electrons. The molecule has 55 nitrogen and oxygen atoms in total. The highest BCUT2D eigenvalue weighted by molar-refractivity contribution is 5.81. The van der Waals surface area contributed by atoms with Crippen molar-refractivity contribution in [2.45, 2.75) is 298 Å². The molecule has 6 aliphatic heterocycles. The first-order valence-electron chi connectivity index (χ1n) is 36.9. The number of aliphatic hydroxyl groups excluding tert-OH is 19. The van der Waals surface area contributed by atoms with Crippen LogP contribution in [0.3, 0.4) is 0 Å². The van der Waals surface area contributed by atoms with Crippen molar-refractivity contribution in [3.8, 4) is 0 Å². The normalized spacial score (nSPS) is 37.5. The van der Waals surface area contributed by atoms with Crippen molar-refractivity contribution in [1.29, 1.82) is 0 Å². The first-order chi connectivity index (χ1) is 56.1. The van der Waals surface area contributed by atoms with E-state index in [1.165, 1.54) is 0 Å². The van der Waals surface area contributed by atoms with E-state index in [2.05, 4.69) is 31.9 Å². The van der Waals surface area contributed by atoms with Crippen molar-refractivity contribution in [3.05, 3.63) is 0 Å². The number of carboxylic acid groups (broad SMARTS) is 6. The van der Waals surface area contributed by atoms with Gasteiger partial charge in [0.2, 0.25) is 35.4 Å². The Bertz CT molecular complexity index is 3640. The lowest BCUT2D eigenvalue weighted by atomic mass is 9.86. The lowest BCUT2D eigenvalue weighted by Crippen LogP contribution is -2.72. The molecule has 0 bridgehead atoms. The van der Waals surface area contributed by atoms with Crippen molar-refractivity contribution in [3.63, 3.8) is 0 Å². The van der Waals surface area contributed by atoms with Crippen LogP contribution in [0, 0.1) is 0 Å². The molecule has 55 heteroatoms.